The molecular formula is C18H21FN2O2. The number of aryl methyl sites for hydroxylation is 2. The summed E-state index contributed by atoms with van der Waals surface area (Å²) in [4.78, 5) is 14.4. The normalized spacial score (nSPS) is 15.7. The number of amides is 1. The van der Waals surface area contributed by atoms with Crippen LogP contribution in [0, 0.1) is 19.7 Å². The summed E-state index contributed by atoms with van der Waals surface area (Å²) in [7, 11) is 0. The Hall–Kier alpha value is -2.30. The van der Waals surface area contributed by atoms with Gasteiger partial charge in [0.1, 0.15) is 17.3 Å². The van der Waals surface area contributed by atoms with Crippen LogP contribution in [0.5, 0.6) is 0 Å². The van der Waals surface area contributed by atoms with Crippen molar-refractivity contribution >= 4 is 11.6 Å². The average molecular weight is 316 g/mol. The zero-order valence-electron chi connectivity index (χ0n) is 13.4. The van der Waals surface area contributed by atoms with Crippen LogP contribution in [0.3, 0.4) is 0 Å². The summed E-state index contributed by atoms with van der Waals surface area (Å²) in [5, 5.41) is 3.23. The topological polar surface area (TPSA) is 45.5 Å². The van der Waals surface area contributed by atoms with Crippen molar-refractivity contribution < 1.29 is 13.6 Å². The quantitative estimate of drug-likeness (QED) is 0.938. The summed E-state index contributed by atoms with van der Waals surface area (Å²) in [6.45, 7) is 4.98. The van der Waals surface area contributed by atoms with Crippen molar-refractivity contribution in [1.29, 1.82) is 0 Å². The number of benzene rings is 1. The van der Waals surface area contributed by atoms with Gasteiger partial charge < -0.3 is 14.6 Å². The SMILES string of the molecule is Cc1cc(C(=O)N2CCC(Nc3ccccc3F)CC2)c(C)o1. The first-order chi connectivity index (χ1) is 11.0. The zero-order valence-corrected chi connectivity index (χ0v) is 13.4. The third-order valence-electron chi connectivity index (χ3n) is 4.29. The van der Waals surface area contributed by atoms with Crippen LogP contribution in [-0.2, 0) is 0 Å². The molecule has 1 saturated heterocycles. The van der Waals surface area contributed by atoms with Crippen molar-refractivity contribution in [1.82, 2.24) is 4.90 Å². The fourth-order valence-corrected chi connectivity index (χ4v) is 3.04. The van der Waals surface area contributed by atoms with Gasteiger partial charge in [0.2, 0.25) is 0 Å². The molecule has 122 valence electrons. The van der Waals surface area contributed by atoms with Crippen molar-refractivity contribution in [3.8, 4) is 0 Å². The van der Waals surface area contributed by atoms with E-state index in [1.54, 1.807) is 18.2 Å². The van der Waals surface area contributed by atoms with Crippen LogP contribution in [0.4, 0.5) is 10.1 Å². The number of likely N-dealkylation sites (tertiary alicyclic amines) is 1. The number of rotatable bonds is 3. The Morgan fingerprint density at radius 3 is 2.57 bits per heavy atom. The molecule has 1 fully saturated rings. The van der Waals surface area contributed by atoms with E-state index in [-0.39, 0.29) is 17.8 Å². The van der Waals surface area contributed by atoms with Gasteiger partial charge in [-0.05, 0) is 44.9 Å². The molecule has 1 aliphatic heterocycles. The predicted octanol–water partition coefficient (Wildman–Crippen LogP) is 3.75. The number of nitrogens with zero attached hydrogens (tertiary/aromatic N) is 1. The lowest BCUT2D eigenvalue weighted by molar-refractivity contribution is 0.0716. The first kappa shape index (κ1) is 15.6. The summed E-state index contributed by atoms with van der Waals surface area (Å²) >= 11 is 0. The van der Waals surface area contributed by atoms with E-state index in [9.17, 15) is 9.18 Å². The van der Waals surface area contributed by atoms with E-state index >= 15 is 0 Å². The molecule has 5 heteroatoms. The number of halogens is 1. The van der Waals surface area contributed by atoms with Gasteiger partial charge in [-0.25, -0.2) is 4.39 Å². The maximum atomic E-state index is 13.7. The van der Waals surface area contributed by atoms with Crippen LogP contribution in [0.15, 0.2) is 34.7 Å². The average Bonchev–Trinajstić information content (AvgIpc) is 2.88. The Bertz CT molecular complexity index is 703. The molecule has 1 aromatic heterocycles. The van der Waals surface area contributed by atoms with Crippen molar-refractivity contribution in [3.63, 3.8) is 0 Å². The lowest BCUT2D eigenvalue weighted by Crippen LogP contribution is -2.42. The van der Waals surface area contributed by atoms with Crippen molar-refractivity contribution in [2.45, 2.75) is 32.7 Å². The number of hydrogen-bond acceptors (Lipinski definition) is 3. The van der Waals surface area contributed by atoms with Gasteiger partial charge in [-0.15, -0.1) is 0 Å². The second kappa shape index (κ2) is 6.44. The van der Waals surface area contributed by atoms with E-state index in [0.29, 0.717) is 30.1 Å². The molecule has 1 N–H and O–H groups in total. The molecule has 0 aliphatic carbocycles. The van der Waals surface area contributed by atoms with E-state index in [1.807, 2.05) is 24.8 Å². The first-order valence-electron chi connectivity index (χ1n) is 7.92. The van der Waals surface area contributed by atoms with Gasteiger partial charge in [0.15, 0.2) is 0 Å². The monoisotopic (exact) mass is 316 g/mol. The molecule has 1 aliphatic rings. The predicted molar refractivity (Wildman–Crippen MR) is 87.1 cm³/mol. The zero-order chi connectivity index (χ0) is 16.4. The van der Waals surface area contributed by atoms with E-state index < -0.39 is 0 Å². The second-order valence-electron chi connectivity index (χ2n) is 6.02. The first-order valence-corrected chi connectivity index (χ1v) is 7.92. The van der Waals surface area contributed by atoms with Gasteiger partial charge in [0, 0.05) is 19.1 Å². The van der Waals surface area contributed by atoms with Crippen molar-refractivity contribution in [3.05, 3.63) is 53.2 Å². The Morgan fingerprint density at radius 2 is 1.96 bits per heavy atom. The second-order valence-corrected chi connectivity index (χ2v) is 6.02. The van der Waals surface area contributed by atoms with Gasteiger partial charge in [-0.3, -0.25) is 4.79 Å². The number of carbonyl (C=O) groups excluding carboxylic acids is 1. The van der Waals surface area contributed by atoms with Crippen LogP contribution in [-0.4, -0.2) is 29.9 Å². The van der Waals surface area contributed by atoms with Gasteiger partial charge in [0.25, 0.3) is 5.91 Å². The summed E-state index contributed by atoms with van der Waals surface area (Å²) in [5.41, 5.74) is 1.17. The number of nitrogens with one attached hydrogen (secondary N) is 1. The fourth-order valence-electron chi connectivity index (χ4n) is 3.04. The lowest BCUT2D eigenvalue weighted by Gasteiger charge is -2.32. The molecule has 23 heavy (non-hydrogen) atoms. The van der Waals surface area contributed by atoms with Gasteiger partial charge in [-0.1, -0.05) is 12.1 Å². The summed E-state index contributed by atoms with van der Waals surface area (Å²) in [6.07, 6.45) is 1.60. The Morgan fingerprint density at radius 1 is 1.26 bits per heavy atom. The minimum atomic E-state index is -0.240. The molecule has 2 aromatic rings. The number of piperidine rings is 1. The minimum Gasteiger partial charge on any atom is -0.466 e. The van der Waals surface area contributed by atoms with Crippen molar-refractivity contribution in [2.24, 2.45) is 0 Å². The highest BCUT2D eigenvalue weighted by Gasteiger charge is 2.26. The molecular weight excluding hydrogens is 295 g/mol. The van der Waals surface area contributed by atoms with E-state index in [0.717, 1.165) is 18.6 Å². The molecule has 0 atom stereocenters. The molecule has 3 rings (SSSR count). The number of furan rings is 1. The third kappa shape index (κ3) is 3.38. The highest BCUT2D eigenvalue weighted by Crippen LogP contribution is 2.22. The smallest absolute Gasteiger partial charge is 0.257 e. The molecule has 0 bridgehead atoms. The van der Waals surface area contributed by atoms with Crippen LogP contribution in [0.25, 0.3) is 0 Å². The highest BCUT2D eigenvalue weighted by molar-refractivity contribution is 5.95. The third-order valence-corrected chi connectivity index (χ3v) is 4.29. The van der Waals surface area contributed by atoms with Crippen LogP contribution < -0.4 is 5.32 Å². The molecule has 0 spiro atoms. The van der Waals surface area contributed by atoms with E-state index in [2.05, 4.69) is 5.32 Å². The maximum absolute atomic E-state index is 13.7. The standard InChI is InChI=1S/C18H21FN2O2/c1-12-11-15(13(2)23-12)18(22)21-9-7-14(8-10-21)20-17-6-4-3-5-16(17)19/h3-6,11,14,20H,7-10H2,1-2H3. The molecule has 2 heterocycles. The number of anilines is 1. The van der Waals surface area contributed by atoms with E-state index in [4.69, 9.17) is 4.42 Å². The molecule has 4 nitrogen and oxygen atoms in total. The number of para-hydroxylation sites is 1. The maximum Gasteiger partial charge on any atom is 0.257 e. The summed E-state index contributed by atoms with van der Waals surface area (Å²) in [5.74, 6) is 1.19. The van der Waals surface area contributed by atoms with Crippen LogP contribution in [0.2, 0.25) is 0 Å². The Balaban J connectivity index is 1.59. The van der Waals surface area contributed by atoms with Gasteiger partial charge >= 0.3 is 0 Å². The Labute approximate surface area is 135 Å². The molecule has 0 radical (unpaired) electrons. The fraction of sp³-hybridized carbons (Fsp3) is 0.389. The van der Waals surface area contributed by atoms with Crippen molar-refractivity contribution in [2.75, 3.05) is 18.4 Å². The number of carbonyl (C=O) groups is 1. The summed E-state index contributed by atoms with van der Waals surface area (Å²) in [6, 6.07) is 8.66. The minimum absolute atomic E-state index is 0.0173. The van der Waals surface area contributed by atoms with E-state index in [1.165, 1.54) is 6.07 Å². The molecule has 0 unspecified atom stereocenters. The van der Waals surface area contributed by atoms with Crippen LogP contribution >= 0.6 is 0 Å². The van der Waals surface area contributed by atoms with Gasteiger partial charge in [-0.2, -0.15) is 0 Å². The highest BCUT2D eigenvalue weighted by atomic mass is 19.1. The Kier molecular flexibility index (Phi) is 4.37. The molecule has 1 amide bonds. The van der Waals surface area contributed by atoms with Crippen LogP contribution in [0.1, 0.15) is 34.7 Å². The lowest BCUT2D eigenvalue weighted by atomic mass is 10.0. The molecule has 1 aromatic carbocycles. The largest absolute Gasteiger partial charge is 0.466 e. The van der Waals surface area contributed by atoms with Gasteiger partial charge in [0.05, 0.1) is 11.3 Å². The molecule has 0 saturated carbocycles. The summed E-state index contributed by atoms with van der Waals surface area (Å²) < 4.78 is 19.1. The number of hydrogen-bond donors (Lipinski definition) is 1.